The van der Waals surface area contributed by atoms with Crippen molar-refractivity contribution < 1.29 is 19.4 Å². The zero-order chi connectivity index (χ0) is 12.5. The molecule has 0 heterocycles. The van der Waals surface area contributed by atoms with E-state index in [9.17, 15) is 9.90 Å². The van der Waals surface area contributed by atoms with E-state index in [2.05, 4.69) is 6.92 Å². The number of fused-ring (bicyclic) bond motifs is 1. The summed E-state index contributed by atoms with van der Waals surface area (Å²) >= 11 is 0. The fourth-order valence-electron chi connectivity index (χ4n) is 3.04. The Balaban J connectivity index is 2.26. The average Bonchev–Trinajstić information content (AvgIpc) is 2.32. The molecule has 96 valence electrons. The third kappa shape index (κ3) is 2.11. The number of Topliss-reactive ketones (excluding diaryl/α,β-unsaturated/α-hetero) is 1. The van der Waals surface area contributed by atoms with Gasteiger partial charge in [-0.05, 0) is 31.3 Å². The maximum atomic E-state index is 11.5. The van der Waals surface area contributed by atoms with Crippen LogP contribution in [-0.2, 0) is 14.3 Å². The number of hydrogen-bond donors (Lipinski definition) is 1. The minimum atomic E-state index is -0.200. The molecule has 4 heteroatoms. The van der Waals surface area contributed by atoms with Crippen LogP contribution < -0.4 is 0 Å². The minimum absolute atomic E-state index is 0.00975. The Bertz CT molecular complexity index is 347. The van der Waals surface area contributed by atoms with Crippen LogP contribution in [0, 0.1) is 5.41 Å². The summed E-state index contributed by atoms with van der Waals surface area (Å²) in [5.74, 6) is -0.130. The van der Waals surface area contributed by atoms with Gasteiger partial charge in [-0.25, -0.2) is 0 Å². The van der Waals surface area contributed by atoms with E-state index in [1.807, 2.05) is 0 Å². The van der Waals surface area contributed by atoms with Gasteiger partial charge in [-0.3, -0.25) is 4.79 Å². The predicted molar refractivity (Wildman–Crippen MR) is 62.6 cm³/mol. The number of carbonyl (C=O) groups excluding carboxylic acids is 1. The number of aliphatic hydroxyl groups excluding tert-OH is 1. The molecule has 2 atom stereocenters. The highest BCUT2D eigenvalue weighted by molar-refractivity contribution is 5.95. The molecule has 0 bridgehead atoms. The summed E-state index contributed by atoms with van der Waals surface area (Å²) in [5.41, 5.74) is 0.690. The number of aliphatic hydroxyl groups is 1. The van der Waals surface area contributed by atoms with Crippen molar-refractivity contribution in [3.63, 3.8) is 0 Å². The Morgan fingerprint density at radius 3 is 2.94 bits per heavy atom. The SMILES string of the molecule is COCO[C@H]1CCCC2=C(O)C(=O)CC[C@@]21C. The van der Waals surface area contributed by atoms with Crippen LogP contribution in [0.25, 0.3) is 0 Å². The molecule has 2 aliphatic carbocycles. The van der Waals surface area contributed by atoms with Gasteiger partial charge in [0.2, 0.25) is 0 Å². The molecule has 4 nitrogen and oxygen atoms in total. The molecule has 2 aliphatic rings. The zero-order valence-electron chi connectivity index (χ0n) is 10.5. The average molecular weight is 240 g/mol. The second kappa shape index (κ2) is 4.78. The standard InChI is InChI=1S/C13H20O4/c1-13-7-6-10(14)12(15)9(13)4-3-5-11(13)17-8-16-2/h11,15H,3-8H2,1-2H3/t11-,13-/m0/s1. The van der Waals surface area contributed by atoms with Gasteiger partial charge in [-0.15, -0.1) is 0 Å². The lowest BCUT2D eigenvalue weighted by molar-refractivity contribution is -0.130. The number of allylic oxidation sites excluding steroid dienone is 1. The molecule has 0 radical (unpaired) electrons. The molecule has 0 aromatic rings. The van der Waals surface area contributed by atoms with E-state index in [1.165, 1.54) is 0 Å². The van der Waals surface area contributed by atoms with Gasteiger partial charge >= 0.3 is 0 Å². The maximum Gasteiger partial charge on any atom is 0.197 e. The summed E-state index contributed by atoms with van der Waals surface area (Å²) in [6.45, 7) is 2.35. The van der Waals surface area contributed by atoms with Gasteiger partial charge in [0.1, 0.15) is 6.79 Å². The number of methoxy groups -OCH3 is 1. The number of hydrogen-bond acceptors (Lipinski definition) is 4. The predicted octanol–water partition coefficient (Wildman–Crippen LogP) is 2.34. The number of ether oxygens (including phenoxy) is 2. The summed E-state index contributed by atoms with van der Waals surface area (Å²) < 4.78 is 10.7. The fraction of sp³-hybridized carbons (Fsp3) is 0.769. The second-order valence-corrected chi connectivity index (χ2v) is 5.12. The van der Waals surface area contributed by atoms with E-state index in [1.54, 1.807) is 7.11 Å². The Morgan fingerprint density at radius 2 is 2.24 bits per heavy atom. The summed E-state index contributed by atoms with van der Waals surface area (Å²) in [5, 5.41) is 9.92. The molecule has 0 aromatic carbocycles. The van der Waals surface area contributed by atoms with Gasteiger partial charge in [-0.2, -0.15) is 0 Å². The highest BCUT2D eigenvalue weighted by Crippen LogP contribution is 2.49. The lowest BCUT2D eigenvalue weighted by atomic mass is 9.63. The van der Waals surface area contributed by atoms with Crippen LogP contribution in [0.2, 0.25) is 0 Å². The monoisotopic (exact) mass is 240 g/mol. The molecule has 0 unspecified atom stereocenters. The largest absolute Gasteiger partial charge is 0.504 e. The van der Waals surface area contributed by atoms with E-state index in [0.717, 1.165) is 31.3 Å². The van der Waals surface area contributed by atoms with E-state index < -0.39 is 0 Å². The van der Waals surface area contributed by atoms with Gasteiger partial charge in [0.25, 0.3) is 0 Å². The van der Waals surface area contributed by atoms with Crippen molar-refractivity contribution in [1.82, 2.24) is 0 Å². The van der Waals surface area contributed by atoms with E-state index in [0.29, 0.717) is 6.42 Å². The van der Waals surface area contributed by atoms with Crippen LogP contribution >= 0.6 is 0 Å². The van der Waals surface area contributed by atoms with Crippen LogP contribution in [0.5, 0.6) is 0 Å². The number of rotatable bonds is 3. The fourth-order valence-corrected chi connectivity index (χ4v) is 3.04. The minimum Gasteiger partial charge on any atom is -0.504 e. The summed E-state index contributed by atoms with van der Waals surface area (Å²) in [7, 11) is 1.60. The Morgan fingerprint density at radius 1 is 1.47 bits per heavy atom. The molecule has 0 saturated heterocycles. The third-order valence-corrected chi connectivity index (χ3v) is 4.10. The second-order valence-electron chi connectivity index (χ2n) is 5.12. The normalized spacial score (nSPS) is 33.8. The van der Waals surface area contributed by atoms with Crippen LogP contribution in [0.15, 0.2) is 11.3 Å². The van der Waals surface area contributed by atoms with Crippen molar-refractivity contribution in [2.45, 2.75) is 45.1 Å². The van der Waals surface area contributed by atoms with Crippen LogP contribution in [-0.4, -0.2) is 30.9 Å². The van der Waals surface area contributed by atoms with Crippen molar-refractivity contribution in [2.75, 3.05) is 13.9 Å². The lowest BCUT2D eigenvalue weighted by Crippen LogP contribution is -2.43. The van der Waals surface area contributed by atoms with Gasteiger partial charge < -0.3 is 14.6 Å². The lowest BCUT2D eigenvalue weighted by Gasteiger charge is -2.45. The van der Waals surface area contributed by atoms with Crippen molar-refractivity contribution in [1.29, 1.82) is 0 Å². The Labute approximate surface area is 102 Å². The van der Waals surface area contributed by atoms with Crippen molar-refractivity contribution in [3.05, 3.63) is 11.3 Å². The van der Waals surface area contributed by atoms with Crippen molar-refractivity contribution in [3.8, 4) is 0 Å². The molecule has 0 aromatic heterocycles. The van der Waals surface area contributed by atoms with Gasteiger partial charge in [0.05, 0.1) is 6.10 Å². The molecule has 0 spiro atoms. The molecule has 17 heavy (non-hydrogen) atoms. The maximum absolute atomic E-state index is 11.5. The molecule has 2 rings (SSSR count). The molecule has 1 saturated carbocycles. The first-order valence-electron chi connectivity index (χ1n) is 6.16. The summed E-state index contributed by atoms with van der Waals surface area (Å²) in [6.07, 6.45) is 3.95. The molecular weight excluding hydrogens is 220 g/mol. The first-order chi connectivity index (χ1) is 8.09. The molecule has 1 fully saturated rings. The highest BCUT2D eigenvalue weighted by Gasteiger charge is 2.46. The first kappa shape index (κ1) is 12.6. The molecule has 1 N–H and O–H groups in total. The van der Waals surface area contributed by atoms with Gasteiger partial charge in [0, 0.05) is 18.9 Å². The molecule has 0 amide bonds. The smallest absolute Gasteiger partial charge is 0.197 e. The number of ketones is 1. The van der Waals surface area contributed by atoms with Crippen LogP contribution in [0.3, 0.4) is 0 Å². The van der Waals surface area contributed by atoms with Crippen LogP contribution in [0.4, 0.5) is 0 Å². The van der Waals surface area contributed by atoms with Crippen molar-refractivity contribution >= 4 is 5.78 Å². The van der Waals surface area contributed by atoms with E-state index in [-0.39, 0.29) is 29.9 Å². The van der Waals surface area contributed by atoms with Crippen molar-refractivity contribution in [2.24, 2.45) is 5.41 Å². The van der Waals surface area contributed by atoms with E-state index in [4.69, 9.17) is 9.47 Å². The van der Waals surface area contributed by atoms with Crippen LogP contribution in [0.1, 0.15) is 39.0 Å². The Hall–Kier alpha value is -0.870. The summed E-state index contributed by atoms with van der Waals surface area (Å²) in [4.78, 5) is 11.5. The van der Waals surface area contributed by atoms with Gasteiger partial charge in [-0.1, -0.05) is 6.92 Å². The Kier molecular flexibility index (Phi) is 3.54. The highest BCUT2D eigenvalue weighted by atomic mass is 16.7. The molecule has 0 aliphatic heterocycles. The number of carbonyl (C=O) groups is 1. The first-order valence-corrected chi connectivity index (χ1v) is 6.16. The van der Waals surface area contributed by atoms with E-state index >= 15 is 0 Å². The third-order valence-electron chi connectivity index (χ3n) is 4.10. The topological polar surface area (TPSA) is 55.8 Å². The van der Waals surface area contributed by atoms with Gasteiger partial charge in [0.15, 0.2) is 11.5 Å². The summed E-state index contributed by atoms with van der Waals surface area (Å²) in [6, 6.07) is 0. The molecular formula is C13H20O4. The quantitative estimate of drug-likeness (QED) is 0.769. The zero-order valence-corrected chi connectivity index (χ0v) is 10.5.